The predicted molar refractivity (Wildman–Crippen MR) is 416 cm³/mol. The largest absolute Gasteiger partial charge is 0.480 e. The van der Waals surface area contributed by atoms with Crippen molar-refractivity contribution < 1.29 is 91.9 Å². The van der Waals surface area contributed by atoms with Crippen molar-refractivity contribution in [2.75, 3.05) is 122 Å². The summed E-state index contributed by atoms with van der Waals surface area (Å²) in [6.07, 6.45) is 5.87. The number of carboxylic acid groups (broad SMARTS) is 3. The lowest BCUT2D eigenvalue weighted by Gasteiger charge is -2.31. The third-order valence-corrected chi connectivity index (χ3v) is 22.1. The van der Waals surface area contributed by atoms with Crippen LogP contribution >= 0.6 is 35.3 Å². The van der Waals surface area contributed by atoms with Crippen LogP contribution in [-0.4, -0.2) is 287 Å². The van der Waals surface area contributed by atoms with Gasteiger partial charge in [-0.25, -0.2) is 4.99 Å². The Balaban J connectivity index is 1.20. The molecule has 3 aliphatic rings. The zero-order chi connectivity index (χ0) is 80.5. The molecule has 0 aliphatic carbocycles. The molecule has 3 heterocycles. The number of carbonyl (C=O) groups is 14. The van der Waals surface area contributed by atoms with Crippen LogP contribution in [0.25, 0.3) is 0 Å². The molecular formula is C74H112N14O19S3. The summed E-state index contributed by atoms with van der Waals surface area (Å²) < 4.78 is 11.1. The Labute approximate surface area is 655 Å². The van der Waals surface area contributed by atoms with Gasteiger partial charge in [-0.1, -0.05) is 82.1 Å². The predicted octanol–water partition coefficient (Wildman–Crippen LogP) is 0.729. The van der Waals surface area contributed by atoms with Crippen LogP contribution in [0.3, 0.4) is 0 Å². The number of carboxylic acids is 3. The second-order valence-electron chi connectivity index (χ2n) is 27.5. The molecule has 5 rings (SSSR count). The van der Waals surface area contributed by atoms with Gasteiger partial charge in [0.25, 0.3) is 0 Å². The third kappa shape index (κ3) is 34.6. The van der Waals surface area contributed by atoms with Gasteiger partial charge in [0.2, 0.25) is 65.0 Å². The number of unbranched alkanes of at least 4 members (excludes halogenated alkanes) is 2. The number of aliphatic imine (C=N–C) groups is 1. The number of aliphatic carboxylic acids is 3. The molecular weight excluding hydrogens is 1490 g/mol. The van der Waals surface area contributed by atoms with E-state index in [2.05, 4.69) is 31.6 Å². The number of thioether (sulfide) groups is 3. The Kier molecular flexibility index (Phi) is 42.5. The Hall–Kier alpha value is -8.26. The van der Waals surface area contributed by atoms with Crippen LogP contribution < -0.4 is 43.8 Å². The molecule has 0 saturated carbocycles. The standard InChI is InChI=1S/C74H112N14O19S3/c1-4-6-8-17-62(90)80-40-54(72(102)88-25-12-16-59(88)73(103)87-24-11-15-58(87)68(77)98)47-109-45-52-36-51(37-53(38-52)46-110-48-57(67(76)97)83-71(101)56(39-50-13-9-7-10-14-50)82-70(100)55(18-20-61(75)89)81-69(99)49(3)5-2)44-108-35-23-79-64(92)43-107-34-33-106-32-22-78-63(91)21-19-60(74(104)105)86-30-28-84(41-65(93)94)26-27-85(29-31-86)42-66(95)96/h7,9-10,13-14,36-38,40,49,54-60H,4-6,8,11-12,15-35,39,41-48H2,1-3H3,(H2,75,89)(H2,76,97)(H2,77,98)(H,78,91)(H,79,92)(H,81,99)(H,82,100)(H,83,101)(H,93,94)(H,95,96)(H,104,105)/t49-,54?,55-,56-,57?,58-,59-,60?/m0/s1. The van der Waals surface area contributed by atoms with Crippen LogP contribution in [-0.2, 0) is 100 Å². The van der Waals surface area contributed by atoms with E-state index in [0.717, 1.165) is 29.5 Å². The highest BCUT2D eigenvalue weighted by atomic mass is 32.2. The van der Waals surface area contributed by atoms with Crippen LogP contribution in [0.4, 0.5) is 0 Å². The first kappa shape index (κ1) is 92.3. The van der Waals surface area contributed by atoms with Crippen LogP contribution in [0.5, 0.6) is 0 Å². The quantitative estimate of drug-likeness (QED) is 0.0321. The van der Waals surface area contributed by atoms with Gasteiger partial charge in [-0.05, 0) is 73.6 Å². The number of benzene rings is 2. The summed E-state index contributed by atoms with van der Waals surface area (Å²) in [6, 6.07) is 8.44. The summed E-state index contributed by atoms with van der Waals surface area (Å²) in [4.78, 5) is 193. The first-order valence-corrected chi connectivity index (χ1v) is 41.0. The minimum Gasteiger partial charge on any atom is -0.480 e. The number of hydrogen-bond donors (Lipinski definition) is 11. The maximum atomic E-state index is 14.6. The summed E-state index contributed by atoms with van der Waals surface area (Å²) in [5, 5.41) is 42.6. The molecule has 14 N–H and O–H groups in total. The van der Waals surface area contributed by atoms with E-state index in [9.17, 15) is 82.4 Å². The molecule has 3 saturated heterocycles. The molecule has 3 unspecified atom stereocenters. The van der Waals surface area contributed by atoms with E-state index in [4.69, 9.17) is 26.7 Å². The first-order chi connectivity index (χ1) is 52.7. The highest BCUT2D eigenvalue weighted by molar-refractivity contribution is 7.99. The summed E-state index contributed by atoms with van der Waals surface area (Å²) >= 11 is 4.27. The number of carbonyl (C=O) groups excluding carboxylic acids is 11. The van der Waals surface area contributed by atoms with Crippen molar-refractivity contribution >= 4 is 124 Å². The van der Waals surface area contributed by atoms with Crippen molar-refractivity contribution in [2.45, 2.75) is 164 Å². The molecule has 0 spiro atoms. The monoisotopic (exact) mass is 1600 g/mol. The average Bonchev–Trinajstić information content (AvgIpc) is 1.65. The van der Waals surface area contributed by atoms with Gasteiger partial charge >= 0.3 is 17.9 Å². The summed E-state index contributed by atoms with van der Waals surface area (Å²) in [5.41, 5.74) is 20.3. The molecule has 610 valence electrons. The summed E-state index contributed by atoms with van der Waals surface area (Å²) in [5.74, 6) is -8.70. The highest BCUT2D eigenvalue weighted by Crippen LogP contribution is 2.29. The van der Waals surface area contributed by atoms with Crippen molar-refractivity contribution in [1.82, 2.24) is 51.1 Å². The minimum atomic E-state index is -1.26. The van der Waals surface area contributed by atoms with Crippen molar-refractivity contribution in [3.8, 4) is 0 Å². The maximum Gasteiger partial charge on any atom is 0.320 e. The average molecular weight is 1600 g/mol. The SMILES string of the molecule is CCCCCC(=O)N=CC(CSCc1cc(CSCCNC(=O)COCCOCCNC(=O)CCC(C(=O)O)N2CCN(CC(=O)O)CCN(CC(=O)O)CC2)cc(CSCC(NC(=O)[C@H](Cc2ccccc2)NC(=O)[C@H](CCC(N)=O)NC(=O)[C@@H](C)CC)C(N)=O)c1)C(=O)N1CCC[C@H]1C(=O)N1CCC[C@H]1C(N)=O. The molecule has 2 aromatic rings. The van der Waals surface area contributed by atoms with E-state index in [1.807, 2.05) is 32.0 Å². The number of nitrogens with zero attached hydrogens (tertiary/aromatic N) is 6. The maximum absolute atomic E-state index is 14.6. The van der Waals surface area contributed by atoms with Crippen LogP contribution in [0, 0.1) is 11.8 Å². The van der Waals surface area contributed by atoms with Gasteiger partial charge in [0.05, 0.1) is 38.8 Å². The van der Waals surface area contributed by atoms with Gasteiger partial charge in [0.15, 0.2) is 0 Å². The van der Waals surface area contributed by atoms with Gasteiger partial charge in [0.1, 0.15) is 42.9 Å². The molecule has 110 heavy (non-hydrogen) atoms. The van der Waals surface area contributed by atoms with Gasteiger partial charge in [-0.3, -0.25) is 81.8 Å². The van der Waals surface area contributed by atoms with Crippen molar-refractivity contribution in [3.05, 3.63) is 70.8 Å². The number of primary amides is 3. The molecule has 0 aromatic heterocycles. The Morgan fingerprint density at radius 2 is 1.17 bits per heavy atom. The Morgan fingerprint density at radius 1 is 0.600 bits per heavy atom. The van der Waals surface area contributed by atoms with Crippen LogP contribution in [0.15, 0.2) is 53.5 Å². The fourth-order valence-corrected chi connectivity index (χ4v) is 15.4. The number of rotatable bonds is 51. The summed E-state index contributed by atoms with van der Waals surface area (Å²) in [7, 11) is 0. The van der Waals surface area contributed by atoms with Crippen molar-refractivity contribution in [1.29, 1.82) is 0 Å². The molecule has 11 amide bonds. The van der Waals surface area contributed by atoms with Crippen molar-refractivity contribution in [3.63, 3.8) is 0 Å². The van der Waals surface area contributed by atoms with E-state index < -0.39 is 107 Å². The number of nitrogens with two attached hydrogens (primary N) is 3. The minimum absolute atomic E-state index is 0.00329. The molecule has 8 atom stereocenters. The van der Waals surface area contributed by atoms with E-state index >= 15 is 0 Å². The van der Waals surface area contributed by atoms with Gasteiger partial charge in [-0.2, -0.15) is 35.3 Å². The zero-order valence-electron chi connectivity index (χ0n) is 63.3. The van der Waals surface area contributed by atoms with E-state index in [-0.39, 0.29) is 166 Å². The number of nitrogens with one attached hydrogen (secondary N) is 5. The molecule has 3 fully saturated rings. The smallest absolute Gasteiger partial charge is 0.320 e. The fourth-order valence-electron chi connectivity index (χ4n) is 12.6. The van der Waals surface area contributed by atoms with E-state index in [1.54, 1.807) is 52.0 Å². The molecule has 2 aromatic carbocycles. The second-order valence-corrected chi connectivity index (χ2v) is 30.6. The molecule has 3 aliphatic heterocycles. The highest BCUT2D eigenvalue weighted by Gasteiger charge is 2.43. The van der Waals surface area contributed by atoms with E-state index in [0.29, 0.717) is 80.2 Å². The Morgan fingerprint density at radius 3 is 1.77 bits per heavy atom. The normalized spacial score (nSPS) is 17.4. The van der Waals surface area contributed by atoms with Crippen molar-refractivity contribution in [2.24, 2.45) is 34.0 Å². The van der Waals surface area contributed by atoms with Gasteiger partial charge in [0, 0.05) is 138 Å². The lowest BCUT2D eigenvalue weighted by Crippen LogP contribution is -2.57. The lowest BCUT2D eigenvalue weighted by molar-refractivity contribution is -0.146. The third-order valence-electron chi connectivity index (χ3n) is 18.8. The number of likely N-dealkylation sites (tertiary alicyclic amines) is 2. The molecule has 0 radical (unpaired) electrons. The number of hydrogen-bond acceptors (Lipinski definition) is 22. The van der Waals surface area contributed by atoms with Gasteiger partial charge < -0.3 is 78.4 Å². The lowest BCUT2D eigenvalue weighted by atomic mass is 10.0. The second kappa shape index (κ2) is 50.6. The van der Waals surface area contributed by atoms with E-state index in [1.165, 1.54) is 51.3 Å². The zero-order valence-corrected chi connectivity index (χ0v) is 65.7. The molecule has 33 nitrogen and oxygen atoms in total. The number of amides is 11. The number of ether oxygens (including phenoxy) is 2. The van der Waals surface area contributed by atoms with Crippen LogP contribution in [0.1, 0.15) is 126 Å². The molecule has 0 bridgehead atoms. The molecule has 36 heteroatoms. The topological polar surface area (TPSA) is 485 Å². The summed E-state index contributed by atoms with van der Waals surface area (Å²) in [6.45, 7) is 7.40. The van der Waals surface area contributed by atoms with Crippen LogP contribution in [0.2, 0.25) is 0 Å². The Bertz CT molecular complexity index is 3390. The van der Waals surface area contributed by atoms with Gasteiger partial charge in [-0.15, -0.1) is 0 Å². The first-order valence-electron chi connectivity index (χ1n) is 37.5. The fraction of sp³-hybridized carbons (Fsp3) is 0.635.